The summed E-state index contributed by atoms with van der Waals surface area (Å²) in [6, 6.07) is 8.00. The highest BCUT2D eigenvalue weighted by atomic mass is 16.5. The Balaban J connectivity index is 1.76. The maximum absolute atomic E-state index is 5.64. The average Bonchev–Trinajstić information content (AvgIpc) is 2.99. The van der Waals surface area contributed by atoms with Crippen LogP contribution in [0.2, 0.25) is 0 Å². The van der Waals surface area contributed by atoms with Crippen molar-refractivity contribution in [2.24, 2.45) is 0 Å². The first-order chi connectivity index (χ1) is 10.7. The Bertz CT molecular complexity index is 629. The monoisotopic (exact) mass is 303 g/mol. The zero-order valence-electron chi connectivity index (χ0n) is 13.2. The molecule has 22 heavy (non-hydrogen) atoms. The smallest absolute Gasteiger partial charge is 0.241 e. The lowest BCUT2D eigenvalue weighted by atomic mass is 10.2. The molecule has 0 bridgehead atoms. The van der Waals surface area contributed by atoms with E-state index in [1.54, 1.807) is 7.11 Å². The van der Waals surface area contributed by atoms with Crippen LogP contribution in [0.15, 0.2) is 28.8 Å². The molecule has 1 aliphatic rings. The van der Waals surface area contributed by atoms with Crippen LogP contribution < -0.4 is 4.74 Å². The second-order valence-electron chi connectivity index (χ2n) is 5.63. The first-order valence-corrected chi connectivity index (χ1v) is 7.49. The Hall–Kier alpha value is -1.92. The second-order valence-corrected chi connectivity index (χ2v) is 5.63. The van der Waals surface area contributed by atoms with E-state index in [4.69, 9.17) is 14.0 Å². The van der Waals surface area contributed by atoms with Gasteiger partial charge in [0.2, 0.25) is 11.7 Å². The van der Waals surface area contributed by atoms with Gasteiger partial charge in [0.05, 0.1) is 31.9 Å². The van der Waals surface area contributed by atoms with E-state index in [1.165, 1.54) is 0 Å². The standard InChI is InChI=1S/C16H21N3O3/c1-11-10-21-12(2)8-19(11)9-15-17-16(18-22-15)13-6-4-5-7-14(13)20-3/h4-7,11-12H,8-10H2,1-3H3/t11-,12+/m1/s1. The van der Waals surface area contributed by atoms with Gasteiger partial charge in [-0.15, -0.1) is 0 Å². The van der Waals surface area contributed by atoms with E-state index in [1.807, 2.05) is 24.3 Å². The van der Waals surface area contributed by atoms with E-state index in [-0.39, 0.29) is 6.10 Å². The number of hydrogen-bond donors (Lipinski definition) is 0. The highest BCUT2D eigenvalue weighted by Crippen LogP contribution is 2.27. The van der Waals surface area contributed by atoms with E-state index < -0.39 is 0 Å². The second kappa shape index (κ2) is 6.46. The van der Waals surface area contributed by atoms with Crippen molar-refractivity contribution in [2.75, 3.05) is 20.3 Å². The molecule has 0 saturated carbocycles. The van der Waals surface area contributed by atoms with E-state index >= 15 is 0 Å². The molecule has 2 heterocycles. The number of morpholine rings is 1. The van der Waals surface area contributed by atoms with Crippen LogP contribution in [0.25, 0.3) is 11.4 Å². The van der Waals surface area contributed by atoms with Crippen LogP contribution in [0.5, 0.6) is 5.75 Å². The third-order valence-electron chi connectivity index (χ3n) is 3.89. The lowest BCUT2D eigenvalue weighted by Crippen LogP contribution is -2.46. The largest absolute Gasteiger partial charge is 0.496 e. The van der Waals surface area contributed by atoms with Gasteiger partial charge in [-0.3, -0.25) is 4.90 Å². The van der Waals surface area contributed by atoms with Crippen LogP contribution in [-0.4, -0.2) is 47.4 Å². The summed E-state index contributed by atoms with van der Waals surface area (Å²) in [5.41, 5.74) is 0.836. The molecule has 2 aromatic rings. The summed E-state index contributed by atoms with van der Waals surface area (Å²) >= 11 is 0. The lowest BCUT2D eigenvalue weighted by Gasteiger charge is -2.35. The van der Waals surface area contributed by atoms with Crippen molar-refractivity contribution in [1.82, 2.24) is 15.0 Å². The van der Waals surface area contributed by atoms with Crippen molar-refractivity contribution < 1.29 is 14.0 Å². The van der Waals surface area contributed by atoms with Gasteiger partial charge in [0.1, 0.15) is 5.75 Å². The molecule has 1 saturated heterocycles. The van der Waals surface area contributed by atoms with Crippen molar-refractivity contribution >= 4 is 0 Å². The molecule has 6 nitrogen and oxygen atoms in total. The van der Waals surface area contributed by atoms with Gasteiger partial charge in [0.25, 0.3) is 0 Å². The molecular weight excluding hydrogens is 282 g/mol. The fraction of sp³-hybridized carbons (Fsp3) is 0.500. The van der Waals surface area contributed by atoms with Crippen LogP contribution in [0.1, 0.15) is 19.7 Å². The van der Waals surface area contributed by atoms with E-state index in [9.17, 15) is 0 Å². The van der Waals surface area contributed by atoms with Crippen LogP contribution in [-0.2, 0) is 11.3 Å². The predicted molar refractivity (Wildman–Crippen MR) is 81.6 cm³/mol. The van der Waals surface area contributed by atoms with Gasteiger partial charge < -0.3 is 14.0 Å². The molecule has 0 spiro atoms. The summed E-state index contributed by atoms with van der Waals surface area (Å²) in [5.74, 6) is 1.91. The molecule has 0 amide bonds. The number of methoxy groups -OCH3 is 1. The van der Waals surface area contributed by atoms with Crippen LogP contribution in [0.3, 0.4) is 0 Å². The van der Waals surface area contributed by atoms with Gasteiger partial charge in [0.15, 0.2) is 0 Å². The maximum Gasteiger partial charge on any atom is 0.241 e. The molecule has 3 rings (SSSR count). The maximum atomic E-state index is 5.64. The fourth-order valence-electron chi connectivity index (χ4n) is 2.62. The third kappa shape index (κ3) is 3.13. The van der Waals surface area contributed by atoms with Crippen LogP contribution >= 0.6 is 0 Å². The Morgan fingerprint density at radius 2 is 2.14 bits per heavy atom. The molecule has 2 atom stereocenters. The van der Waals surface area contributed by atoms with Crippen molar-refractivity contribution in [3.05, 3.63) is 30.2 Å². The number of aromatic nitrogens is 2. The molecule has 1 fully saturated rings. The summed E-state index contributed by atoms with van der Waals surface area (Å²) in [6.07, 6.45) is 0.229. The highest BCUT2D eigenvalue weighted by Gasteiger charge is 2.25. The average molecular weight is 303 g/mol. The van der Waals surface area contributed by atoms with Crippen LogP contribution in [0.4, 0.5) is 0 Å². The number of nitrogens with zero attached hydrogens (tertiary/aromatic N) is 3. The summed E-state index contributed by atoms with van der Waals surface area (Å²) in [6.45, 7) is 6.45. The molecule has 0 aliphatic carbocycles. The quantitative estimate of drug-likeness (QED) is 0.864. The fourth-order valence-corrected chi connectivity index (χ4v) is 2.62. The summed E-state index contributed by atoms with van der Waals surface area (Å²) in [5, 5.41) is 4.08. The van der Waals surface area contributed by atoms with Crippen molar-refractivity contribution in [1.29, 1.82) is 0 Å². The molecule has 0 N–H and O–H groups in total. The Labute approximate surface area is 130 Å². The number of rotatable bonds is 4. The predicted octanol–water partition coefficient (Wildman–Crippen LogP) is 2.35. The highest BCUT2D eigenvalue weighted by molar-refractivity contribution is 5.63. The minimum Gasteiger partial charge on any atom is -0.496 e. The number of ether oxygens (including phenoxy) is 2. The van der Waals surface area contributed by atoms with Gasteiger partial charge in [-0.1, -0.05) is 17.3 Å². The Morgan fingerprint density at radius 1 is 1.32 bits per heavy atom. The molecule has 1 aromatic carbocycles. The molecule has 1 aliphatic heterocycles. The first-order valence-electron chi connectivity index (χ1n) is 7.49. The minimum atomic E-state index is 0.229. The number of hydrogen-bond acceptors (Lipinski definition) is 6. The van der Waals surface area contributed by atoms with E-state index in [0.717, 1.165) is 24.5 Å². The van der Waals surface area contributed by atoms with Crippen molar-refractivity contribution in [3.63, 3.8) is 0 Å². The molecule has 1 aromatic heterocycles. The first kappa shape index (κ1) is 15.0. The third-order valence-corrected chi connectivity index (χ3v) is 3.89. The molecule has 0 radical (unpaired) electrons. The minimum absolute atomic E-state index is 0.229. The summed E-state index contributed by atoms with van der Waals surface area (Å²) in [4.78, 5) is 6.80. The SMILES string of the molecule is COc1ccccc1-c1noc(CN2C[C@H](C)OC[C@H]2C)n1. The zero-order valence-corrected chi connectivity index (χ0v) is 13.2. The molecule has 118 valence electrons. The number of benzene rings is 1. The normalized spacial score (nSPS) is 22.7. The Morgan fingerprint density at radius 3 is 2.95 bits per heavy atom. The van der Waals surface area contributed by atoms with Crippen molar-refractivity contribution in [2.45, 2.75) is 32.5 Å². The zero-order chi connectivity index (χ0) is 15.5. The molecular formula is C16H21N3O3. The molecule has 6 heteroatoms. The van der Waals surface area contributed by atoms with E-state index in [0.29, 0.717) is 24.3 Å². The Kier molecular flexibility index (Phi) is 4.40. The van der Waals surface area contributed by atoms with Gasteiger partial charge in [-0.05, 0) is 26.0 Å². The number of para-hydroxylation sites is 1. The van der Waals surface area contributed by atoms with Gasteiger partial charge in [-0.2, -0.15) is 4.98 Å². The lowest BCUT2D eigenvalue weighted by molar-refractivity contribution is -0.0555. The van der Waals surface area contributed by atoms with Crippen LogP contribution in [0, 0.1) is 0 Å². The molecule has 0 unspecified atom stereocenters. The van der Waals surface area contributed by atoms with Gasteiger partial charge in [0, 0.05) is 12.6 Å². The van der Waals surface area contributed by atoms with Crippen molar-refractivity contribution in [3.8, 4) is 17.1 Å². The van der Waals surface area contributed by atoms with Gasteiger partial charge >= 0.3 is 0 Å². The topological polar surface area (TPSA) is 60.6 Å². The van der Waals surface area contributed by atoms with Gasteiger partial charge in [-0.25, -0.2) is 0 Å². The summed E-state index contributed by atoms with van der Waals surface area (Å²) in [7, 11) is 1.64. The van der Waals surface area contributed by atoms with E-state index in [2.05, 4.69) is 28.9 Å². The summed E-state index contributed by atoms with van der Waals surface area (Å²) < 4.78 is 16.4.